The molecular formula is C20H26N2O5. The number of carbonyl (C=O) groups excluding carboxylic acids is 3. The third-order valence-corrected chi connectivity index (χ3v) is 4.72. The van der Waals surface area contributed by atoms with Crippen LogP contribution >= 0.6 is 0 Å². The van der Waals surface area contributed by atoms with Crippen LogP contribution in [0.25, 0.3) is 0 Å². The Kier molecular flexibility index (Phi) is 4.99. The number of hydrogen-bond acceptors (Lipinski definition) is 5. The maximum Gasteiger partial charge on any atom is 0.410 e. The third kappa shape index (κ3) is 3.83. The van der Waals surface area contributed by atoms with Gasteiger partial charge in [-0.2, -0.15) is 0 Å². The minimum Gasteiger partial charge on any atom is -0.444 e. The summed E-state index contributed by atoms with van der Waals surface area (Å²) in [5.41, 5.74) is 0.148. The minimum absolute atomic E-state index is 0.0689. The van der Waals surface area contributed by atoms with Crippen LogP contribution in [0.15, 0.2) is 24.3 Å². The summed E-state index contributed by atoms with van der Waals surface area (Å²) in [5, 5.41) is 0. The molecule has 0 spiro atoms. The van der Waals surface area contributed by atoms with Gasteiger partial charge < -0.3 is 9.47 Å². The normalized spacial score (nSPS) is 25.6. The Morgan fingerprint density at radius 3 is 2.22 bits per heavy atom. The van der Waals surface area contributed by atoms with E-state index in [0.717, 1.165) is 0 Å². The molecule has 7 nitrogen and oxygen atoms in total. The summed E-state index contributed by atoms with van der Waals surface area (Å²) >= 11 is 0. The van der Waals surface area contributed by atoms with Crippen molar-refractivity contribution in [2.45, 2.75) is 58.5 Å². The molecule has 0 radical (unpaired) electrons. The largest absolute Gasteiger partial charge is 0.444 e. The lowest BCUT2D eigenvalue weighted by Gasteiger charge is -2.43. The van der Waals surface area contributed by atoms with Crippen LogP contribution in [0.3, 0.4) is 0 Å². The van der Waals surface area contributed by atoms with Gasteiger partial charge in [0, 0.05) is 0 Å². The number of fused-ring (bicyclic) bond motifs is 1. The molecule has 1 saturated heterocycles. The van der Waals surface area contributed by atoms with E-state index in [0.29, 0.717) is 17.7 Å². The number of carbonyl (C=O) groups is 3. The Morgan fingerprint density at radius 1 is 1.15 bits per heavy atom. The van der Waals surface area contributed by atoms with Crippen molar-refractivity contribution in [2.75, 3.05) is 13.1 Å². The highest BCUT2D eigenvalue weighted by Crippen LogP contribution is 2.27. The van der Waals surface area contributed by atoms with Crippen LogP contribution < -0.4 is 0 Å². The third-order valence-electron chi connectivity index (χ3n) is 4.72. The molecule has 27 heavy (non-hydrogen) atoms. The fourth-order valence-electron chi connectivity index (χ4n) is 3.54. The number of amides is 3. The minimum atomic E-state index is -0.637. The van der Waals surface area contributed by atoms with Crippen LogP contribution in [0.1, 0.15) is 55.3 Å². The topological polar surface area (TPSA) is 76.2 Å². The van der Waals surface area contributed by atoms with Gasteiger partial charge in [-0.25, -0.2) is 4.79 Å². The highest BCUT2D eigenvalue weighted by atomic mass is 16.6. The lowest BCUT2D eigenvalue weighted by Crippen LogP contribution is -2.60. The molecule has 0 aliphatic carbocycles. The van der Waals surface area contributed by atoms with Gasteiger partial charge in [-0.1, -0.05) is 12.1 Å². The predicted molar refractivity (Wildman–Crippen MR) is 98.5 cm³/mol. The lowest BCUT2D eigenvalue weighted by atomic mass is 10.1. The molecule has 3 atom stereocenters. The number of nitrogens with zero attached hydrogens (tertiary/aromatic N) is 2. The van der Waals surface area contributed by atoms with Crippen LogP contribution in [-0.4, -0.2) is 64.6 Å². The van der Waals surface area contributed by atoms with Crippen molar-refractivity contribution in [2.24, 2.45) is 0 Å². The maximum absolute atomic E-state index is 12.7. The van der Waals surface area contributed by atoms with Crippen molar-refractivity contribution in [3.05, 3.63) is 35.4 Å². The fourth-order valence-corrected chi connectivity index (χ4v) is 3.54. The number of hydrogen-bond donors (Lipinski definition) is 0. The van der Waals surface area contributed by atoms with Gasteiger partial charge in [-0.3, -0.25) is 19.4 Å². The van der Waals surface area contributed by atoms with Gasteiger partial charge in [0.15, 0.2) is 0 Å². The number of morpholine rings is 1. The van der Waals surface area contributed by atoms with Crippen molar-refractivity contribution >= 4 is 17.9 Å². The Bertz CT molecular complexity index is 735. The average Bonchev–Trinajstić information content (AvgIpc) is 2.80. The van der Waals surface area contributed by atoms with Crippen LogP contribution in [-0.2, 0) is 9.47 Å². The van der Waals surface area contributed by atoms with Crippen molar-refractivity contribution in [3.8, 4) is 0 Å². The molecule has 0 unspecified atom stereocenters. The summed E-state index contributed by atoms with van der Waals surface area (Å²) in [4.78, 5) is 40.9. The Labute approximate surface area is 159 Å². The molecule has 2 aliphatic rings. The van der Waals surface area contributed by atoms with Gasteiger partial charge in [-0.05, 0) is 46.8 Å². The average molecular weight is 374 g/mol. The molecule has 1 aromatic carbocycles. The number of imide groups is 1. The molecule has 2 heterocycles. The fraction of sp³-hybridized carbons (Fsp3) is 0.550. The van der Waals surface area contributed by atoms with E-state index in [-0.39, 0.29) is 30.6 Å². The molecule has 0 aromatic heterocycles. The van der Waals surface area contributed by atoms with Gasteiger partial charge in [0.1, 0.15) is 5.60 Å². The van der Waals surface area contributed by atoms with Gasteiger partial charge in [-0.15, -0.1) is 0 Å². The summed E-state index contributed by atoms with van der Waals surface area (Å²) in [6, 6.07) is 6.27. The Morgan fingerprint density at radius 2 is 1.70 bits per heavy atom. The monoisotopic (exact) mass is 374 g/mol. The zero-order valence-electron chi connectivity index (χ0n) is 16.4. The second kappa shape index (κ2) is 6.96. The number of ether oxygens (including phenoxy) is 2. The summed E-state index contributed by atoms with van der Waals surface area (Å²) < 4.78 is 11.4. The molecule has 0 saturated carbocycles. The molecule has 0 bridgehead atoms. The second-order valence-electron chi connectivity index (χ2n) is 8.12. The van der Waals surface area contributed by atoms with E-state index in [1.54, 1.807) is 49.9 Å². The molecule has 1 fully saturated rings. The highest BCUT2D eigenvalue weighted by molar-refractivity contribution is 6.21. The van der Waals surface area contributed by atoms with E-state index < -0.39 is 17.7 Å². The number of benzene rings is 1. The summed E-state index contributed by atoms with van der Waals surface area (Å²) in [6.07, 6.45) is -0.970. The molecule has 3 amide bonds. The van der Waals surface area contributed by atoms with Gasteiger partial charge in [0.05, 0.1) is 42.5 Å². The van der Waals surface area contributed by atoms with Crippen LogP contribution in [0.4, 0.5) is 4.79 Å². The Balaban J connectivity index is 1.83. The first kappa shape index (κ1) is 19.4. The SMILES string of the molecule is C[C@@H]1CN(C(=O)OC(C)(C)C)[C@H](CN2C(=O)c3ccccc3C2=O)[C@H](C)O1. The number of rotatable bonds is 2. The van der Waals surface area contributed by atoms with Crippen LogP contribution in [0.5, 0.6) is 0 Å². The van der Waals surface area contributed by atoms with E-state index in [1.165, 1.54) is 4.90 Å². The van der Waals surface area contributed by atoms with Crippen molar-refractivity contribution in [1.29, 1.82) is 0 Å². The van der Waals surface area contributed by atoms with Crippen LogP contribution in [0.2, 0.25) is 0 Å². The van der Waals surface area contributed by atoms with Crippen molar-refractivity contribution < 1.29 is 23.9 Å². The first-order valence-electron chi connectivity index (χ1n) is 9.19. The zero-order chi connectivity index (χ0) is 19.9. The molecule has 0 N–H and O–H groups in total. The molecule has 2 aliphatic heterocycles. The van der Waals surface area contributed by atoms with Gasteiger partial charge in [0.2, 0.25) is 0 Å². The van der Waals surface area contributed by atoms with E-state index in [2.05, 4.69) is 0 Å². The summed E-state index contributed by atoms with van der Waals surface area (Å²) in [6.45, 7) is 9.54. The van der Waals surface area contributed by atoms with Gasteiger partial charge >= 0.3 is 6.09 Å². The molecular weight excluding hydrogens is 348 g/mol. The molecule has 7 heteroatoms. The summed E-state index contributed by atoms with van der Waals surface area (Å²) in [5.74, 6) is -0.684. The standard InChI is InChI=1S/C20H26N2O5/c1-12-10-21(19(25)27-20(3,4)5)16(13(2)26-12)11-22-17(23)14-8-6-7-9-15(14)18(22)24/h6-9,12-13,16H,10-11H2,1-5H3/t12-,13+,16-/m1/s1. The van der Waals surface area contributed by atoms with E-state index in [1.807, 2.05) is 13.8 Å². The van der Waals surface area contributed by atoms with Gasteiger partial charge in [0.25, 0.3) is 11.8 Å². The quantitative estimate of drug-likeness (QED) is 0.744. The molecule has 3 rings (SSSR count). The van der Waals surface area contributed by atoms with Crippen molar-refractivity contribution in [3.63, 3.8) is 0 Å². The van der Waals surface area contributed by atoms with E-state index >= 15 is 0 Å². The highest BCUT2D eigenvalue weighted by Gasteiger charge is 2.43. The first-order chi connectivity index (χ1) is 12.6. The second-order valence-corrected chi connectivity index (χ2v) is 8.12. The molecule has 1 aromatic rings. The lowest BCUT2D eigenvalue weighted by molar-refractivity contribution is -0.106. The van der Waals surface area contributed by atoms with E-state index in [9.17, 15) is 14.4 Å². The van der Waals surface area contributed by atoms with E-state index in [4.69, 9.17) is 9.47 Å². The first-order valence-corrected chi connectivity index (χ1v) is 9.19. The molecule has 146 valence electrons. The Hall–Kier alpha value is -2.41. The zero-order valence-corrected chi connectivity index (χ0v) is 16.4. The smallest absolute Gasteiger partial charge is 0.410 e. The van der Waals surface area contributed by atoms with Crippen molar-refractivity contribution in [1.82, 2.24) is 9.80 Å². The maximum atomic E-state index is 12.7. The van der Waals surface area contributed by atoms with Crippen LogP contribution in [0, 0.1) is 0 Å². The predicted octanol–water partition coefficient (Wildman–Crippen LogP) is 2.70. The summed E-state index contributed by atoms with van der Waals surface area (Å²) in [7, 11) is 0.